The Hall–Kier alpha value is -1.79. The molecule has 0 aliphatic rings. The number of thiazole rings is 1. The third kappa shape index (κ3) is 3.40. The maximum atomic E-state index is 5.39. The number of ether oxygens (including phenoxy) is 3. The molecule has 108 valence electrons. The predicted molar refractivity (Wildman–Crippen MR) is 78.8 cm³/mol. The zero-order chi connectivity index (χ0) is 14.4. The van der Waals surface area contributed by atoms with E-state index in [4.69, 9.17) is 14.2 Å². The molecular formula is C14H18N2O3S. The van der Waals surface area contributed by atoms with E-state index in [1.165, 1.54) is 0 Å². The molecule has 0 radical (unpaired) electrons. The van der Waals surface area contributed by atoms with Gasteiger partial charge in [0.1, 0.15) is 10.8 Å². The van der Waals surface area contributed by atoms with Crippen LogP contribution in [0.5, 0.6) is 17.2 Å². The average molecular weight is 294 g/mol. The largest absolute Gasteiger partial charge is 0.496 e. The summed E-state index contributed by atoms with van der Waals surface area (Å²) in [5.41, 5.74) is 1.02. The molecule has 2 aromatic rings. The van der Waals surface area contributed by atoms with Crippen molar-refractivity contribution in [1.29, 1.82) is 0 Å². The first kappa shape index (κ1) is 14.6. The molecule has 2 rings (SSSR count). The molecule has 0 saturated heterocycles. The predicted octanol–water partition coefficient (Wildman–Crippen LogP) is 2.46. The molecule has 0 aliphatic heterocycles. The molecule has 20 heavy (non-hydrogen) atoms. The van der Waals surface area contributed by atoms with Gasteiger partial charge in [0.2, 0.25) is 0 Å². The molecule has 0 aliphatic carbocycles. The normalized spacial score (nSPS) is 10.3. The topological polar surface area (TPSA) is 52.6 Å². The fourth-order valence-electron chi connectivity index (χ4n) is 1.87. The van der Waals surface area contributed by atoms with Gasteiger partial charge in [-0.15, -0.1) is 11.3 Å². The Kier molecular flexibility index (Phi) is 5.20. The second-order valence-corrected chi connectivity index (χ2v) is 5.03. The Morgan fingerprint density at radius 3 is 2.30 bits per heavy atom. The van der Waals surface area contributed by atoms with Crippen LogP contribution < -0.4 is 19.5 Å². The van der Waals surface area contributed by atoms with E-state index in [1.807, 2.05) is 17.5 Å². The van der Waals surface area contributed by atoms with Gasteiger partial charge in [-0.25, -0.2) is 4.98 Å². The summed E-state index contributed by atoms with van der Waals surface area (Å²) in [7, 11) is 4.88. The Bertz CT molecular complexity index is 544. The molecule has 1 N–H and O–H groups in total. The third-order valence-corrected chi connectivity index (χ3v) is 3.64. The first-order chi connectivity index (χ1) is 9.78. The summed E-state index contributed by atoms with van der Waals surface area (Å²) in [4.78, 5) is 4.23. The van der Waals surface area contributed by atoms with Gasteiger partial charge in [0.05, 0.1) is 21.3 Å². The van der Waals surface area contributed by atoms with Crippen LogP contribution in [0.25, 0.3) is 0 Å². The monoisotopic (exact) mass is 294 g/mol. The van der Waals surface area contributed by atoms with Crippen LogP contribution in [0, 0.1) is 0 Å². The molecule has 0 spiro atoms. The quantitative estimate of drug-likeness (QED) is 0.850. The fourth-order valence-corrected chi connectivity index (χ4v) is 2.46. The van der Waals surface area contributed by atoms with Crippen LogP contribution in [-0.2, 0) is 13.1 Å². The lowest BCUT2D eigenvalue weighted by atomic mass is 10.1. The maximum Gasteiger partial charge on any atom is 0.164 e. The number of nitrogens with zero attached hydrogens (tertiary/aromatic N) is 1. The molecule has 1 aromatic carbocycles. The smallest absolute Gasteiger partial charge is 0.164 e. The van der Waals surface area contributed by atoms with Gasteiger partial charge in [-0.2, -0.15) is 0 Å². The summed E-state index contributed by atoms with van der Waals surface area (Å²) < 4.78 is 16.0. The van der Waals surface area contributed by atoms with Crippen molar-refractivity contribution in [2.45, 2.75) is 13.1 Å². The SMILES string of the molecule is COc1cc(OC)c(OC)cc1CNCc1nccs1. The Morgan fingerprint density at radius 2 is 1.70 bits per heavy atom. The van der Waals surface area contributed by atoms with Crippen LogP contribution >= 0.6 is 11.3 Å². The highest BCUT2D eigenvalue weighted by Gasteiger charge is 2.11. The zero-order valence-electron chi connectivity index (χ0n) is 11.8. The highest BCUT2D eigenvalue weighted by molar-refractivity contribution is 7.09. The number of rotatable bonds is 7. The number of methoxy groups -OCH3 is 3. The van der Waals surface area contributed by atoms with E-state index >= 15 is 0 Å². The van der Waals surface area contributed by atoms with E-state index in [0.717, 1.165) is 22.9 Å². The van der Waals surface area contributed by atoms with Gasteiger partial charge in [-0.05, 0) is 6.07 Å². The minimum absolute atomic E-state index is 0.660. The van der Waals surface area contributed by atoms with E-state index in [-0.39, 0.29) is 0 Å². The standard InChI is InChI=1S/C14H18N2O3S/c1-17-11-7-13(19-3)12(18-2)6-10(11)8-15-9-14-16-4-5-20-14/h4-7,15H,8-9H2,1-3H3. The molecule has 0 unspecified atom stereocenters. The molecule has 0 bridgehead atoms. The zero-order valence-corrected chi connectivity index (χ0v) is 12.6. The van der Waals surface area contributed by atoms with Crippen LogP contribution in [0.15, 0.2) is 23.7 Å². The van der Waals surface area contributed by atoms with Gasteiger partial charge < -0.3 is 19.5 Å². The first-order valence-electron chi connectivity index (χ1n) is 6.16. The summed E-state index contributed by atoms with van der Waals surface area (Å²) >= 11 is 1.63. The van der Waals surface area contributed by atoms with Gasteiger partial charge in [-0.1, -0.05) is 0 Å². The first-order valence-corrected chi connectivity index (χ1v) is 7.04. The van der Waals surface area contributed by atoms with Crippen molar-refractivity contribution in [1.82, 2.24) is 10.3 Å². The lowest BCUT2D eigenvalue weighted by molar-refractivity contribution is 0.347. The second-order valence-electron chi connectivity index (χ2n) is 4.05. The van der Waals surface area contributed by atoms with Crippen molar-refractivity contribution in [3.63, 3.8) is 0 Å². The van der Waals surface area contributed by atoms with Crippen LogP contribution in [0.4, 0.5) is 0 Å². The fraction of sp³-hybridized carbons (Fsp3) is 0.357. The van der Waals surface area contributed by atoms with Gasteiger partial charge >= 0.3 is 0 Å². The van der Waals surface area contributed by atoms with E-state index < -0.39 is 0 Å². The average Bonchev–Trinajstić information content (AvgIpc) is 2.99. The molecule has 0 amide bonds. The van der Waals surface area contributed by atoms with Gasteiger partial charge in [0.25, 0.3) is 0 Å². The molecule has 0 atom stereocenters. The van der Waals surface area contributed by atoms with Crippen molar-refractivity contribution in [3.8, 4) is 17.2 Å². The number of aromatic nitrogens is 1. The number of hydrogen-bond acceptors (Lipinski definition) is 6. The minimum atomic E-state index is 0.660. The number of hydrogen-bond donors (Lipinski definition) is 1. The van der Waals surface area contributed by atoms with Crippen molar-refractivity contribution in [2.75, 3.05) is 21.3 Å². The minimum Gasteiger partial charge on any atom is -0.496 e. The molecule has 0 saturated carbocycles. The maximum absolute atomic E-state index is 5.39. The molecule has 1 aromatic heterocycles. The summed E-state index contributed by atoms with van der Waals surface area (Å²) in [6.45, 7) is 1.40. The van der Waals surface area contributed by atoms with Crippen LogP contribution in [0.3, 0.4) is 0 Å². The van der Waals surface area contributed by atoms with Crippen molar-refractivity contribution >= 4 is 11.3 Å². The van der Waals surface area contributed by atoms with Gasteiger partial charge in [0, 0.05) is 36.3 Å². The van der Waals surface area contributed by atoms with Crippen molar-refractivity contribution in [2.24, 2.45) is 0 Å². The Labute approximate surface area is 122 Å². The third-order valence-electron chi connectivity index (χ3n) is 2.86. The van der Waals surface area contributed by atoms with Crippen molar-refractivity contribution < 1.29 is 14.2 Å². The molecular weight excluding hydrogens is 276 g/mol. The molecule has 5 nitrogen and oxygen atoms in total. The van der Waals surface area contributed by atoms with E-state index in [9.17, 15) is 0 Å². The van der Waals surface area contributed by atoms with Crippen LogP contribution in [-0.4, -0.2) is 26.3 Å². The van der Waals surface area contributed by atoms with Gasteiger partial charge in [-0.3, -0.25) is 0 Å². The summed E-state index contributed by atoms with van der Waals surface area (Å²) in [5.74, 6) is 2.13. The summed E-state index contributed by atoms with van der Waals surface area (Å²) in [5, 5.41) is 6.37. The molecule has 6 heteroatoms. The summed E-state index contributed by atoms with van der Waals surface area (Å²) in [6.07, 6.45) is 1.80. The van der Waals surface area contributed by atoms with E-state index in [0.29, 0.717) is 18.0 Å². The number of nitrogens with one attached hydrogen (secondary N) is 1. The Balaban J connectivity index is 2.09. The second kappa shape index (κ2) is 7.12. The lowest BCUT2D eigenvalue weighted by Crippen LogP contribution is -2.13. The van der Waals surface area contributed by atoms with Crippen molar-refractivity contribution in [3.05, 3.63) is 34.3 Å². The van der Waals surface area contributed by atoms with E-state index in [1.54, 1.807) is 38.9 Å². The molecule has 1 heterocycles. The van der Waals surface area contributed by atoms with Gasteiger partial charge in [0.15, 0.2) is 11.5 Å². The lowest BCUT2D eigenvalue weighted by Gasteiger charge is -2.14. The highest BCUT2D eigenvalue weighted by Crippen LogP contribution is 2.34. The summed E-state index contributed by atoms with van der Waals surface area (Å²) in [6, 6.07) is 3.76. The van der Waals surface area contributed by atoms with Crippen LogP contribution in [0.1, 0.15) is 10.6 Å². The Morgan fingerprint density at radius 1 is 1.00 bits per heavy atom. The van der Waals surface area contributed by atoms with E-state index in [2.05, 4.69) is 10.3 Å². The number of benzene rings is 1. The molecule has 0 fully saturated rings. The van der Waals surface area contributed by atoms with Crippen LogP contribution in [0.2, 0.25) is 0 Å². The highest BCUT2D eigenvalue weighted by atomic mass is 32.1.